The van der Waals surface area contributed by atoms with Crippen LogP contribution >= 0.6 is 0 Å². The summed E-state index contributed by atoms with van der Waals surface area (Å²) in [7, 11) is 0. The summed E-state index contributed by atoms with van der Waals surface area (Å²) in [4.78, 5) is 11.4. The summed E-state index contributed by atoms with van der Waals surface area (Å²) < 4.78 is 0. The first-order valence-corrected chi connectivity index (χ1v) is 4.69. The van der Waals surface area contributed by atoms with Gasteiger partial charge in [0.2, 0.25) is 5.91 Å². The Balaban J connectivity index is 2.21. The summed E-state index contributed by atoms with van der Waals surface area (Å²) in [5.41, 5.74) is 0. The first kappa shape index (κ1) is 9.85. The van der Waals surface area contributed by atoms with Gasteiger partial charge in [-0.2, -0.15) is 0 Å². The van der Waals surface area contributed by atoms with Crippen molar-refractivity contribution in [3.63, 3.8) is 0 Å². The molecule has 0 bridgehead atoms. The van der Waals surface area contributed by atoms with Crippen molar-refractivity contribution in [1.29, 1.82) is 0 Å². The van der Waals surface area contributed by atoms with Crippen molar-refractivity contribution in [3.8, 4) is 0 Å². The number of carbonyl (C=O) groups is 1. The molecule has 2 saturated heterocycles. The van der Waals surface area contributed by atoms with Gasteiger partial charge in [0.25, 0.3) is 0 Å². The molecule has 0 aromatic carbocycles. The van der Waals surface area contributed by atoms with Crippen molar-refractivity contribution in [1.82, 2.24) is 10.0 Å². The zero-order valence-electron chi connectivity index (χ0n) is 7.70. The summed E-state index contributed by atoms with van der Waals surface area (Å²) in [5.74, 6) is -0.102. The molecule has 2 heterocycles. The molecule has 0 aromatic heterocycles. The fourth-order valence-electron chi connectivity index (χ4n) is 2.09. The van der Waals surface area contributed by atoms with Gasteiger partial charge in [-0.15, -0.1) is 0 Å². The molecule has 3 N–H and O–H groups in total. The van der Waals surface area contributed by atoms with Gasteiger partial charge in [-0.3, -0.25) is 9.80 Å². The van der Waals surface area contributed by atoms with Crippen LogP contribution in [0.4, 0.5) is 0 Å². The van der Waals surface area contributed by atoms with Gasteiger partial charge in [0, 0.05) is 19.5 Å². The highest BCUT2D eigenvalue weighted by Crippen LogP contribution is 2.24. The molecule has 2 aliphatic rings. The lowest BCUT2D eigenvalue weighted by Gasteiger charge is -2.43. The molecule has 0 saturated carbocycles. The normalized spacial score (nSPS) is 38.9. The molecule has 14 heavy (non-hydrogen) atoms. The molecule has 6 nitrogen and oxygen atoms in total. The zero-order valence-corrected chi connectivity index (χ0v) is 7.70. The van der Waals surface area contributed by atoms with E-state index in [1.807, 2.05) is 0 Å². The van der Waals surface area contributed by atoms with Crippen LogP contribution in [0.15, 0.2) is 0 Å². The number of hydrogen-bond acceptors (Lipinski definition) is 5. The lowest BCUT2D eigenvalue weighted by Crippen LogP contribution is -2.63. The lowest BCUT2D eigenvalue weighted by atomic mass is 10.0. The van der Waals surface area contributed by atoms with E-state index in [0.717, 1.165) is 0 Å². The van der Waals surface area contributed by atoms with E-state index in [0.29, 0.717) is 13.0 Å². The van der Waals surface area contributed by atoms with Gasteiger partial charge in [0.15, 0.2) is 0 Å². The molecule has 2 rings (SSSR count). The van der Waals surface area contributed by atoms with Gasteiger partial charge in [0.05, 0.1) is 12.7 Å². The number of rotatable bonds is 1. The molecule has 0 aromatic rings. The highest BCUT2D eigenvalue weighted by Gasteiger charge is 2.45. The second kappa shape index (κ2) is 3.47. The van der Waals surface area contributed by atoms with E-state index >= 15 is 0 Å². The van der Waals surface area contributed by atoms with Gasteiger partial charge < -0.3 is 15.3 Å². The fraction of sp³-hybridized carbons (Fsp3) is 0.875. The number of hydrogen-bond donors (Lipinski definition) is 3. The standard InChI is InChI=1S/C8H14N2O4/c11-4-5-8(14)6(12)3-9-2-1-7(13)10(5)9/h5-6,8,11-12,14H,1-4H2/t5-,6-,8-/m1/s1. The van der Waals surface area contributed by atoms with E-state index < -0.39 is 18.2 Å². The number of carbonyl (C=O) groups excluding carboxylic acids is 1. The van der Waals surface area contributed by atoms with Gasteiger partial charge in [0.1, 0.15) is 12.1 Å². The molecule has 1 amide bonds. The third-order valence-corrected chi connectivity index (χ3v) is 2.83. The highest BCUT2D eigenvalue weighted by molar-refractivity contribution is 5.78. The molecule has 80 valence electrons. The lowest BCUT2D eigenvalue weighted by molar-refractivity contribution is -0.183. The van der Waals surface area contributed by atoms with Crippen molar-refractivity contribution < 1.29 is 20.1 Å². The third kappa shape index (κ3) is 1.31. The summed E-state index contributed by atoms with van der Waals surface area (Å²) in [6.45, 7) is 0.475. The molecule has 2 fully saturated rings. The number of aliphatic hydroxyl groups excluding tert-OH is 3. The Kier molecular flexibility index (Phi) is 2.44. The Bertz CT molecular complexity index is 247. The van der Waals surface area contributed by atoms with Crippen LogP contribution in [0.1, 0.15) is 6.42 Å². The number of aliphatic hydroxyl groups is 3. The first-order valence-electron chi connectivity index (χ1n) is 4.69. The molecular formula is C8H14N2O4. The molecule has 6 heteroatoms. The minimum atomic E-state index is -1.06. The van der Waals surface area contributed by atoms with Crippen LogP contribution in [0.3, 0.4) is 0 Å². The predicted molar refractivity (Wildman–Crippen MR) is 45.9 cm³/mol. The van der Waals surface area contributed by atoms with Crippen LogP contribution in [0.5, 0.6) is 0 Å². The maximum Gasteiger partial charge on any atom is 0.238 e. The van der Waals surface area contributed by atoms with Crippen molar-refractivity contribution >= 4 is 5.91 Å². The number of hydrazine groups is 1. The molecule has 0 spiro atoms. The summed E-state index contributed by atoms with van der Waals surface area (Å²) >= 11 is 0. The third-order valence-electron chi connectivity index (χ3n) is 2.83. The number of amides is 1. The van der Waals surface area contributed by atoms with Gasteiger partial charge in [-0.05, 0) is 0 Å². The van der Waals surface area contributed by atoms with E-state index in [-0.39, 0.29) is 19.1 Å². The molecular weight excluding hydrogens is 188 g/mol. The second-order valence-electron chi connectivity index (χ2n) is 3.71. The van der Waals surface area contributed by atoms with Crippen molar-refractivity contribution in [2.75, 3.05) is 19.7 Å². The largest absolute Gasteiger partial charge is 0.394 e. The summed E-state index contributed by atoms with van der Waals surface area (Å²) in [6.07, 6.45) is -1.57. The fourth-order valence-corrected chi connectivity index (χ4v) is 2.09. The molecule has 3 atom stereocenters. The Labute approximate surface area is 81.3 Å². The van der Waals surface area contributed by atoms with Crippen molar-refractivity contribution in [2.45, 2.75) is 24.7 Å². The molecule has 2 aliphatic heterocycles. The number of fused-ring (bicyclic) bond motifs is 1. The Hall–Kier alpha value is -0.690. The number of nitrogens with zero attached hydrogens (tertiary/aromatic N) is 2. The molecule has 0 radical (unpaired) electrons. The smallest absolute Gasteiger partial charge is 0.238 e. The van der Waals surface area contributed by atoms with Crippen molar-refractivity contribution in [2.24, 2.45) is 0 Å². The Morgan fingerprint density at radius 2 is 2.14 bits per heavy atom. The van der Waals surface area contributed by atoms with Crippen LogP contribution in [-0.4, -0.2) is 69.2 Å². The average Bonchev–Trinajstić information content (AvgIpc) is 2.50. The topological polar surface area (TPSA) is 84.2 Å². The summed E-state index contributed by atoms with van der Waals surface area (Å²) in [6, 6.07) is -0.700. The van der Waals surface area contributed by atoms with Gasteiger partial charge >= 0.3 is 0 Å². The van der Waals surface area contributed by atoms with Crippen LogP contribution in [-0.2, 0) is 4.79 Å². The van der Waals surface area contributed by atoms with Crippen molar-refractivity contribution in [3.05, 3.63) is 0 Å². The summed E-state index contributed by atoms with van der Waals surface area (Å²) in [5, 5.41) is 31.1. The van der Waals surface area contributed by atoms with E-state index in [4.69, 9.17) is 5.11 Å². The average molecular weight is 202 g/mol. The van der Waals surface area contributed by atoms with Gasteiger partial charge in [-0.1, -0.05) is 0 Å². The maximum absolute atomic E-state index is 11.4. The van der Waals surface area contributed by atoms with E-state index in [1.54, 1.807) is 5.01 Å². The highest BCUT2D eigenvalue weighted by atomic mass is 16.3. The van der Waals surface area contributed by atoms with E-state index in [1.165, 1.54) is 5.01 Å². The molecule has 0 aliphatic carbocycles. The zero-order chi connectivity index (χ0) is 10.3. The van der Waals surface area contributed by atoms with Crippen LogP contribution in [0.25, 0.3) is 0 Å². The maximum atomic E-state index is 11.4. The van der Waals surface area contributed by atoms with Crippen LogP contribution in [0, 0.1) is 0 Å². The predicted octanol–water partition coefficient (Wildman–Crippen LogP) is -2.47. The monoisotopic (exact) mass is 202 g/mol. The minimum Gasteiger partial charge on any atom is -0.394 e. The quantitative estimate of drug-likeness (QED) is 0.439. The Morgan fingerprint density at radius 1 is 1.43 bits per heavy atom. The Morgan fingerprint density at radius 3 is 2.79 bits per heavy atom. The molecule has 0 unspecified atom stereocenters. The first-order chi connectivity index (χ1) is 6.65. The second-order valence-corrected chi connectivity index (χ2v) is 3.71. The van der Waals surface area contributed by atoms with E-state index in [9.17, 15) is 15.0 Å². The van der Waals surface area contributed by atoms with Crippen LogP contribution < -0.4 is 0 Å². The minimum absolute atomic E-state index is 0.102. The van der Waals surface area contributed by atoms with Crippen LogP contribution in [0.2, 0.25) is 0 Å². The SMILES string of the molecule is O=C1CCN2C[C@@H](O)[C@H](O)[C@@H](CO)N12. The van der Waals surface area contributed by atoms with E-state index in [2.05, 4.69) is 0 Å². The van der Waals surface area contributed by atoms with Gasteiger partial charge in [-0.25, -0.2) is 5.01 Å².